The number of halogens is 1. The van der Waals surface area contributed by atoms with Crippen molar-refractivity contribution in [2.75, 3.05) is 25.0 Å². The molecule has 0 unspecified atom stereocenters. The topological polar surface area (TPSA) is 60.2 Å². The Morgan fingerprint density at radius 1 is 1.22 bits per heavy atom. The van der Waals surface area contributed by atoms with Crippen molar-refractivity contribution >= 4 is 33.1 Å². The number of thiazole rings is 1. The fourth-order valence-corrected chi connectivity index (χ4v) is 3.82. The normalized spacial score (nSPS) is 10.9. The van der Waals surface area contributed by atoms with E-state index in [9.17, 15) is 9.18 Å². The molecule has 0 radical (unpaired) electrons. The highest BCUT2D eigenvalue weighted by atomic mass is 32.1. The van der Waals surface area contributed by atoms with E-state index in [1.807, 2.05) is 36.2 Å². The van der Waals surface area contributed by atoms with Gasteiger partial charge in [0.25, 0.3) is 0 Å². The number of hydrogen-bond donors (Lipinski definition) is 0. The van der Waals surface area contributed by atoms with Crippen LogP contribution < -0.4 is 4.90 Å². The number of para-hydroxylation sites is 1. The number of amides is 1. The SMILES string of the molecule is CN(CC(=O)N(CCC#N)c1ccc(F)cc1)Cc1nc2ccccc2s1. The average Bonchev–Trinajstić information content (AvgIpc) is 3.05. The zero-order valence-corrected chi connectivity index (χ0v) is 15.7. The van der Waals surface area contributed by atoms with Gasteiger partial charge in [-0.3, -0.25) is 9.69 Å². The maximum atomic E-state index is 13.2. The van der Waals surface area contributed by atoms with E-state index in [1.165, 1.54) is 17.0 Å². The molecule has 3 rings (SSSR count). The van der Waals surface area contributed by atoms with E-state index in [2.05, 4.69) is 11.1 Å². The molecule has 1 aromatic heterocycles. The number of aromatic nitrogens is 1. The van der Waals surface area contributed by atoms with Gasteiger partial charge in [-0.05, 0) is 43.4 Å². The smallest absolute Gasteiger partial charge is 0.241 e. The van der Waals surface area contributed by atoms with Crippen LogP contribution in [0.4, 0.5) is 10.1 Å². The molecular weight excluding hydrogens is 363 g/mol. The van der Waals surface area contributed by atoms with Crippen molar-refractivity contribution in [3.8, 4) is 6.07 Å². The molecule has 5 nitrogen and oxygen atoms in total. The highest BCUT2D eigenvalue weighted by Crippen LogP contribution is 2.22. The number of fused-ring (bicyclic) bond motifs is 1. The van der Waals surface area contributed by atoms with Gasteiger partial charge in [-0.25, -0.2) is 9.37 Å². The summed E-state index contributed by atoms with van der Waals surface area (Å²) in [5.74, 6) is -0.500. The molecule has 0 saturated heterocycles. The largest absolute Gasteiger partial charge is 0.310 e. The number of likely N-dealkylation sites (N-methyl/N-ethyl adjacent to an activating group) is 1. The van der Waals surface area contributed by atoms with Crippen LogP contribution in [0, 0.1) is 17.1 Å². The molecule has 0 N–H and O–H groups in total. The van der Waals surface area contributed by atoms with E-state index in [1.54, 1.807) is 23.5 Å². The summed E-state index contributed by atoms with van der Waals surface area (Å²) in [6.07, 6.45) is 0.213. The molecule has 0 atom stereocenters. The predicted octanol–water partition coefficient (Wildman–Crippen LogP) is 3.81. The molecule has 0 aliphatic rings. The Kier molecular flexibility index (Phi) is 6.12. The Hall–Kier alpha value is -2.82. The first-order valence-electron chi connectivity index (χ1n) is 8.52. The van der Waals surface area contributed by atoms with Crippen molar-refractivity contribution in [2.24, 2.45) is 0 Å². The van der Waals surface area contributed by atoms with Crippen LogP contribution in [0.2, 0.25) is 0 Å². The number of nitrogens with zero attached hydrogens (tertiary/aromatic N) is 4. The summed E-state index contributed by atoms with van der Waals surface area (Å²) in [5, 5.41) is 9.81. The van der Waals surface area contributed by atoms with Gasteiger partial charge in [0.05, 0.1) is 35.8 Å². The van der Waals surface area contributed by atoms with Crippen LogP contribution in [0.3, 0.4) is 0 Å². The molecular formula is C20H19FN4OS. The lowest BCUT2D eigenvalue weighted by Gasteiger charge is -2.24. The third kappa shape index (κ3) is 4.88. The zero-order chi connectivity index (χ0) is 19.2. The fraction of sp³-hybridized carbons (Fsp3) is 0.250. The maximum absolute atomic E-state index is 13.2. The third-order valence-corrected chi connectivity index (χ3v) is 5.06. The van der Waals surface area contributed by atoms with Crippen LogP contribution in [0.5, 0.6) is 0 Å². The van der Waals surface area contributed by atoms with Gasteiger partial charge >= 0.3 is 0 Å². The highest BCUT2D eigenvalue weighted by molar-refractivity contribution is 7.18. The van der Waals surface area contributed by atoms with Gasteiger partial charge in [0.1, 0.15) is 10.8 Å². The second-order valence-electron chi connectivity index (χ2n) is 6.18. The Bertz CT molecular complexity index is 931. The fourth-order valence-electron chi connectivity index (χ4n) is 2.77. The van der Waals surface area contributed by atoms with E-state index >= 15 is 0 Å². The Morgan fingerprint density at radius 2 is 1.96 bits per heavy atom. The maximum Gasteiger partial charge on any atom is 0.241 e. The van der Waals surface area contributed by atoms with Gasteiger partial charge in [-0.2, -0.15) is 5.26 Å². The molecule has 27 heavy (non-hydrogen) atoms. The van der Waals surface area contributed by atoms with Crippen LogP contribution in [0.1, 0.15) is 11.4 Å². The van der Waals surface area contributed by atoms with Gasteiger partial charge in [-0.1, -0.05) is 12.1 Å². The second kappa shape index (κ2) is 8.71. The van der Waals surface area contributed by atoms with Gasteiger partial charge in [-0.15, -0.1) is 11.3 Å². The molecule has 0 aliphatic carbocycles. The minimum absolute atomic E-state index is 0.138. The predicted molar refractivity (Wildman–Crippen MR) is 105 cm³/mol. The molecule has 0 fully saturated rings. The summed E-state index contributed by atoms with van der Waals surface area (Å²) >= 11 is 1.61. The molecule has 0 aliphatic heterocycles. The zero-order valence-electron chi connectivity index (χ0n) is 14.9. The van der Waals surface area contributed by atoms with Gasteiger partial charge in [0, 0.05) is 12.2 Å². The van der Waals surface area contributed by atoms with Crippen molar-refractivity contribution in [2.45, 2.75) is 13.0 Å². The Morgan fingerprint density at radius 3 is 2.67 bits per heavy atom. The van der Waals surface area contributed by atoms with Gasteiger partial charge in [0.15, 0.2) is 0 Å². The number of nitriles is 1. The third-order valence-electron chi connectivity index (χ3n) is 4.04. The monoisotopic (exact) mass is 382 g/mol. The molecule has 0 spiro atoms. The number of anilines is 1. The summed E-state index contributed by atoms with van der Waals surface area (Å²) in [7, 11) is 1.86. The summed E-state index contributed by atoms with van der Waals surface area (Å²) in [6, 6.07) is 15.7. The second-order valence-corrected chi connectivity index (χ2v) is 7.29. The van der Waals surface area contributed by atoms with E-state index in [4.69, 9.17) is 5.26 Å². The standard InChI is InChI=1S/C20H19FN4OS/c1-24(13-19-23-17-5-2-3-6-18(17)27-19)14-20(26)25(12-4-11-22)16-9-7-15(21)8-10-16/h2-3,5-10H,4,12-14H2,1H3. The lowest BCUT2D eigenvalue weighted by molar-refractivity contribution is -0.119. The molecule has 0 bridgehead atoms. The number of hydrogen-bond acceptors (Lipinski definition) is 5. The summed E-state index contributed by atoms with van der Waals surface area (Å²) in [5.41, 5.74) is 1.55. The van der Waals surface area contributed by atoms with E-state index < -0.39 is 0 Å². The van der Waals surface area contributed by atoms with Crippen molar-refractivity contribution in [1.29, 1.82) is 5.26 Å². The van der Waals surface area contributed by atoms with E-state index in [0.717, 1.165) is 15.2 Å². The summed E-state index contributed by atoms with van der Waals surface area (Å²) in [4.78, 5) is 20.8. The number of carbonyl (C=O) groups excluding carboxylic acids is 1. The molecule has 2 aromatic carbocycles. The number of carbonyl (C=O) groups is 1. The molecule has 7 heteroatoms. The first-order valence-corrected chi connectivity index (χ1v) is 9.34. The van der Waals surface area contributed by atoms with Gasteiger partial charge < -0.3 is 4.90 Å². The first-order chi connectivity index (χ1) is 13.1. The first kappa shape index (κ1) is 19.0. The van der Waals surface area contributed by atoms with Crippen LogP contribution in [-0.4, -0.2) is 35.9 Å². The van der Waals surface area contributed by atoms with Gasteiger partial charge in [0.2, 0.25) is 5.91 Å². The van der Waals surface area contributed by atoms with Crippen molar-refractivity contribution < 1.29 is 9.18 Å². The number of benzene rings is 2. The molecule has 1 heterocycles. The van der Waals surface area contributed by atoms with Crippen LogP contribution in [0.15, 0.2) is 48.5 Å². The molecule has 3 aromatic rings. The van der Waals surface area contributed by atoms with Crippen molar-refractivity contribution in [1.82, 2.24) is 9.88 Å². The van der Waals surface area contributed by atoms with Crippen molar-refractivity contribution in [3.63, 3.8) is 0 Å². The van der Waals surface area contributed by atoms with Crippen LogP contribution in [-0.2, 0) is 11.3 Å². The Labute approximate surface area is 161 Å². The molecule has 0 saturated carbocycles. The quantitative estimate of drug-likeness (QED) is 0.623. The summed E-state index contributed by atoms with van der Waals surface area (Å²) < 4.78 is 14.3. The molecule has 138 valence electrons. The minimum atomic E-state index is -0.362. The lowest BCUT2D eigenvalue weighted by atomic mass is 10.2. The van der Waals surface area contributed by atoms with Crippen molar-refractivity contribution in [3.05, 3.63) is 59.4 Å². The van der Waals surface area contributed by atoms with Crippen LogP contribution in [0.25, 0.3) is 10.2 Å². The Balaban J connectivity index is 1.68. The van der Waals surface area contributed by atoms with Crippen LogP contribution >= 0.6 is 11.3 Å². The molecule has 1 amide bonds. The van der Waals surface area contributed by atoms with E-state index in [-0.39, 0.29) is 31.2 Å². The lowest BCUT2D eigenvalue weighted by Crippen LogP contribution is -2.39. The van der Waals surface area contributed by atoms with E-state index in [0.29, 0.717) is 12.2 Å². The summed E-state index contributed by atoms with van der Waals surface area (Å²) in [6.45, 7) is 1.01. The number of rotatable bonds is 7. The average molecular weight is 382 g/mol. The minimum Gasteiger partial charge on any atom is -0.310 e. The highest BCUT2D eigenvalue weighted by Gasteiger charge is 2.18.